The first kappa shape index (κ1) is 17.0. The Labute approximate surface area is 117 Å². The highest BCUT2D eigenvalue weighted by molar-refractivity contribution is 5.64. The molecule has 0 spiro atoms. The predicted molar refractivity (Wildman–Crippen MR) is 85.8 cm³/mol. The third-order valence-electron chi connectivity index (χ3n) is 2.61. The van der Waals surface area contributed by atoms with Gasteiger partial charge in [-0.05, 0) is 30.2 Å². The van der Waals surface area contributed by atoms with Crippen molar-refractivity contribution in [2.45, 2.75) is 21.8 Å². The molecule has 0 aliphatic rings. The summed E-state index contributed by atoms with van der Waals surface area (Å²) in [5, 5.41) is 0. The molecule has 2 aromatic rings. The zero-order valence-corrected chi connectivity index (χ0v) is 10.0. The van der Waals surface area contributed by atoms with Crippen molar-refractivity contribution in [3.8, 4) is 16.9 Å². The molecular formula is C18H24O. The van der Waals surface area contributed by atoms with Crippen molar-refractivity contribution in [1.29, 1.82) is 0 Å². The second-order valence-electron chi connectivity index (χ2n) is 3.99. The smallest absolute Gasteiger partial charge is 0.119 e. The Morgan fingerprint density at radius 2 is 1.37 bits per heavy atom. The fraction of sp³-hybridized carbons (Fsp3) is 0.222. The molecule has 0 bridgehead atoms. The van der Waals surface area contributed by atoms with E-state index in [1.54, 1.807) is 6.08 Å². The van der Waals surface area contributed by atoms with Gasteiger partial charge in [0.15, 0.2) is 0 Å². The Hall–Kier alpha value is -2.02. The average Bonchev–Trinajstić information content (AvgIpc) is 2.38. The van der Waals surface area contributed by atoms with Gasteiger partial charge in [-0.15, -0.1) is 0 Å². The topological polar surface area (TPSA) is 9.23 Å². The minimum absolute atomic E-state index is 0. The predicted octanol–water partition coefficient (Wildman–Crippen LogP) is 5.50. The van der Waals surface area contributed by atoms with Crippen LogP contribution in [-0.4, -0.2) is 6.61 Å². The molecule has 0 atom stereocenters. The summed E-state index contributed by atoms with van der Waals surface area (Å²) in [5.74, 6) is 0.876. The maximum Gasteiger partial charge on any atom is 0.119 e. The molecule has 0 heterocycles. The molecule has 0 aromatic heterocycles. The summed E-state index contributed by atoms with van der Waals surface area (Å²) in [7, 11) is 0. The maximum absolute atomic E-state index is 5.45. The van der Waals surface area contributed by atoms with E-state index in [0.29, 0.717) is 6.61 Å². The zero-order valence-electron chi connectivity index (χ0n) is 10.0. The Kier molecular flexibility index (Phi) is 7.28. The molecule has 0 amide bonds. The minimum Gasteiger partial charge on any atom is -0.490 e. The van der Waals surface area contributed by atoms with Crippen LogP contribution < -0.4 is 4.74 Å². The summed E-state index contributed by atoms with van der Waals surface area (Å²) < 4.78 is 5.45. The molecule has 2 aromatic carbocycles. The zero-order chi connectivity index (χ0) is 12.1. The number of aryl methyl sites for hydroxylation is 1. The number of hydrogen-bond acceptors (Lipinski definition) is 1. The third kappa shape index (κ3) is 4.63. The molecule has 0 fully saturated rings. The lowest BCUT2D eigenvalue weighted by Crippen LogP contribution is -1.92. The van der Waals surface area contributed by atoms with Gasteiger partial charge in [0.2, 0.25) is 0 Å². The van der Waals surface area contributed by atoms with E-state index in [-0.39, 0.29) is 14.9 Å². The molecular weight excluding hydrogens is 232 g/mol. The summed E-state index contributed by atoms with van der Waals surface area (Å²) in [4.78, 5) is 0. The Morgan fingerprint density at radius 3 is 1.84 bits per heavy atom. The van der Waals surface area contributed by atoms with E-state index in [9.17, 15) is 0 Å². The maximum atomic E-state index is 5.45. The van der Waals surface area contributed by atoms with Crippen LogP contribution in [0.2, 0.25) is 0 Å². The fourth-order valence-electron chi connectivity index (χ4n) is 1.64. The van der Waals surface area contributed by atoms with Gasteiger partial charge in [-0.1, -0.05) is 69.5 Å². The summed E-state index contributed by atoms with van der Waals surface area (Å²) in [6.07, 6.45) is 1.74. The van der Waals surface area contributed by atoms with Crippen molar-refractivity contribution in [2.24, 2.45) is 0 Å². The standard InChI is InChI=1S/C16H16O.2CH4/c1-3-12-17-16-10-8-15(9-11-16)14-6-4-13(2)5-7-14;;/h3-11H,1,12H2,2H3;2*1H4. The first-order chi connectivity index (χ1) is 8.29. The van der Waals surface area contributed by atoms with Crippen molar-refractivity contribution < 1.29 is 4.74 Å². The normalized spacial score (nSPS) is 8.89. The second kappa shape index (κ2) is 8.15. The number of hydrogen-bond donors (Lipinski definition) is 0. The van der Waals surface area contributed by atoms with E-state index >= 15 is 0 Å². The van der Waals surface area contributed by atoms with Crippen LogP contribution in [0.3, 0.4) is 0 Å². The van der Waals surface area contributed by atoms with Crippen LogP contribution in [0.4, 0.5) is 0 Å². The van der Waals surface area contributed by atoms with Crippen molar-refractivity contribution in [2.75, 3.05) is 6.61 Å². The quantitative estimate of drug-likeness (QED) is 0.656. The van der Waals surface area contributed by atoms with Gasteiger partial charge in [0.1, 0.15) is 12.4 Å². The molecule has 0 saturated carbocycles. The number of benzene rings is 2. The van der Waals surface area contributed by atoms with E-state index < -0.39 is 0 Å². The van der Waals surface area contributed by atoms with Crippen LogP contribution >= 0.6 is 0 Å². The number of rotatable bonds is 4. The summed E-state index contributed by atoms with van der Waals surface area (Å²) in [6, 6.07) is 16.6. The molecule has 0 aliphatic heterocycles. The summed E-state index contributed by atoms with van der Waals surface area (Å²) in [5.41, 5.74) is 3.71. The molecule has 102 valence electrons. The summed E-state index contributed by atoms with van der Waals surface area (Å²) in [6.45, 7) is 6.26. The van der Waals surface area contributed by atoms with Gasteiger partial charge in [0.05, 0.1) is 0 Å². The van der Waals surface area contributed by atoms with Crippen LogP contribution in [0.15, 0.2) is 61.2 Å². The third-order valence-corrected chi connectivity index (χ3v) is 2.61. The fourth-order valence-corrected chi connectivity index (χ4v) is 1.64. The van der Waals surface area contributed by atoms with E-state index in [0.717, 1.165) is 5.75 Å². The van der Waals surface area contributed by atoms with Crippen molar-refractivity contribution in [3.63, 3.8) is 0 Å². The first-order valence-corrected chi connectivity index (χ1v) is 5.70. The van der Waals surface area contributed by atoms with Crippen LogP contribution in [0.1, 0.15) is 20.4 Å². The molecule has 19 heavy (non-hydrogen) atoms. The van der Waals surface area contributed by atoms with Gasteiger partial charge in [-0.2, -0.15) is 0 Å². The lowest BCUT2D eigenvalue weighted by molar-refractivity contribution is 0.363. The molecule has 2 rings (SSSR count). The van der Waals surface area contributed by atoms with Crippen molar-refractivity contribution in [1.82, 2.24) is 0 Å². The van der Waals surface area contributed by atoms with E-state index in [1.165, 1.54) is 16.7 Å². The highest BCUT2D eigenvalue weighted by Crippen LogP contribution is 2.22. The first-order valence-electron chi connectivity index (χ1n) is 5.70. The summed E-state index contributed by atoms with van der Waals surface area (Å²) >= 11 is 0. The van der Waals surface area contributed by atoms with E-state index in [1.807, 2.05) is 12.1 Å². The van der Waals surface area contributed by atoms with Gasteiger partial charge in [0, 0.05) is 0 Å². The molecule has 0 saturated heterocycles. The molecule has 0 unspecified atom stereocenters. The van der Waals surface area contributed by atoms with Gasteiger partial charge in [0.25, 0.3) is 0 Å². The molecule has 1 nitrogen and oxygen atoms in total. The minimum atomic E-state index is 0. The average molecular weight is 256 g/mol. The largest absolute Gasteiger partial charge is 0.490 e. The monoisotopic (exact) mass is 256 g/mol. The van der Waals surface area contributed by atoms with Crippen molar-refractivity contribution in [3.05, 3.63) is 66.7 Å². The van der Waals surface area contributed by atoms with E-state index in [4.69, 9.17) is 4.74 Å². The Morgan fingerprint density at radius 1 is 0.895 bits per heavy atom. The highest BCUT2D eigenvalue weighted by atomic mass is 16.5. The van der Waals surface area contributed by atoms with Gasteiger partial charge >= 0.3 is 0 Å². The SMILES string of the molecule is C.C.C=CCOc1ccc(-c2ccc(C)cc2)cc1. The van der Waals surface area contributed by atoms with Crippen molar-refractivity contribution >= 4 is 0 Å². The van der Waals surface area contributed by atoms with Crippen LogP contribution in [-0.2, 0) is 0 Å². The Bertz CT molecular complexity index is 480. The lowest BCUT2D eigenvalue weighted by Gasteiger charge is -2.05. The lowest BCUT2D eigenvalue weighted by atomic mass is 10.0. The Balaban J connectivity index is 0.00000162. The molecule has 0 radical (unpaired) electrons. The van der Waals surface area contributed by atoms with Gasteiger partial charge < -0.3 is 4.74 Å². The molecule has 0 aliphatic carbocycles. The van der Waals surface area contributed by atoms with Gasteiger partial charge in [-0.25, -0.2) is 0 Å². The van der Waals surface area contributed by atoms with Crippen LogP contribution in [0, 0.1) is 6.92 Å². The molecule has 1 heteroatoms. The van der Waals surface area contributed by atoms with Gasteiger partial charge in [-0.3, -0.25) is 0 Å². The van der Waals surface area contributed by atoms with E-state index in [2.05, 4.69) is 49.9 Å². The molecule has 0 N–H and O–H groups in total. The van der Waals surface area contributed by atoms with Crippen LogP contribution in [0.5, 0.6) is 5.75 Å². The number of ether oxygens (including phenoxy) is 1. The highest BCUT2D eigenvalue weighted by Gasteiger charge is 1.98. The van der Waals surface area contributed by atoms with Crippen LogP contribution in [0.25, 0.3) is 11.1 Å². The second-order valence-corrected chi connectivity index (χ2v) is 3.99.